The molecule has 0 aromatic carbocycles. The highest BCUT2D eigenvalue weighted by molar-refractivity contribution is 5.94. The first-order chi connectivity index (χ1) is 11.9. The van der Waals surface area contributed by atoms with Crippen molar-refractivity contribution < 1.29 is 9.53 Å². The number of carbonyl (C=O) groups excluding carboxylic acids is 1. The number of aromatic nitrogens is 3. The Morgan fingerprint density at radius 3 is 2.76 bits per heavy atom. The summed E-state index contributed by atoms with van der Waals surface area (Å²) in [6, 6.07) is 7.39. The average Bonchev–Trinajstić information content (AvgIpc) is 3.09. The molecule has 6 nitrogen and oxygen atoms in total. The number of ether oxygens (including phenoxy) is 1. The smallest absolute Gasteiger partial charge is 0.255 e. The molecule has 1 unspecified atom stereocenters. The molecular weight excluding hydrogens is 316 g/mol. The third-order valence-corrected chi connectivity index (χ3v) is 4.36. The maximum Gasteiger partial charge on any atom is 0.255 e. The number of rotatable bonds is 4. The van der Waals surface area contributed by atoms with E-state index in [2.05, 4.69) is 36.0 Å². The molecule has 1 amide bonds. The molecule has 0 saturated carbocycles. The zero-order valence-electron chi connectivity index (χ0n) is 15.0. The van der Waals surface area contributed by atoms with Crippen LogP contribution in [0.3, 0.4) is 0 Å². The SMILES string of the molecule is CC(C)(C)c1ccc(OCC2CCN(C(=O)c3cccnc3)C2)nn1. The van der Waals surface area contributed by atoms with Gasteiger partial charge in [-0.1, -0.05) is 20.8 Å². The second-order valence-electron chi connectivity index (χ2n) is 7.47. The Labute approximate surface area is 148 Å². The van der Waals surface area contributed by atoms with Crippen LogP contribution in [0.4, 0.5) is 0 Å². The first-order valence-electron chi connectivity index (χ1n) is 8.60. The predicted octanol–water partition coefficient (Wildman–Crippen LogP) is 2.71. The third-order valence-electron chi connectivity index (χ3n) is 4.36. The Morgan fingerprint density at radius 2 is 2.12 bits per heavy atom. The quantitative estimate of drug-likeness (QED) is 0.856. The fraction of sp³-hybridized carbons (Fsp3) is 0.474. The molecule has 2 aromatic rings. The van der Waals surface area contributed by atoms with Crippen LogP contribution in [0.5, 0.6) is 5.88 Å². The summed E-state index contributed by atoms with van der Waals surface area (Å²) < 4.78 is 5.77. The van der Waals surface area contributed by atoms with Crippen molar-refractivity contribution in [2.45, 2.75) is 32.6 Å². The van der Waals surface area contributed by atoms with E-state index in [-0.39, 0.29) is 11.3 Å². The van der Waals surface area contributed by atoms with Crippen molar-refractivity contribution in [2.24, 2.45) is 5.92 Å². The Hall–Kier alpha value is -2.50. The van der Waals surface area contributed by atoms with Crippen LogP contribution < -0.4 is 4.74 Å². The second kappa shape index (κ2) is 7.17. The lowest BCUT2D eigenvalue weighted by Gasteiger charge is -2.17. The molecule has 1 atom stereocenters. The minimum Gasteiger partial charge on any atom is -0.476 e. The van der Waals surface area contributed by atoms with Gasteiger partial charge in [-0.3, -0.25) is 9.78 Å². The lowest BCUT2D eigenvalue weighted by Crippen LogP contribution is -2.29. The van der Waals surface area contributed by atoms with Gasteiger partial charge in [0.15, 0.2) is 0 Å². The van der Waals surface area contributed by atoms with Gasteiger partial charge < -0.3 is 9.64 Å². The average molecular weight is 340 g/mol. The molecule has 6 heteroatoms. The normalized spacial score (nSPS) is 17.6. The van der Waals surface area contributed by atoms with Crippen molar-refractivity contribution in [2.75, 3.05) is 19.7 Å². The van der Waals surface area contributed by atoms with Gasteiger partial charge in [-0.25, -0.2) is 0 Å². The molecule has 1 aliphatic heterocycles. The Kier molecular flexibility index (Phi) is 4.97. The molecule has 1 aliphatic rings. The van der Waals surface area contributed by atoms with Gasteiger partial charge in [-0.05, 0) is 24.6 Å². The van der Waals surface area contributed by atoms with Crippen molar-refractivity contribution in [1.82, 2.24) is 20.1 Å². The van der Waals surface area contributed by atoms with E-state index in [1.54, 1.807) is 24.5 Å². The molecule has 1 saturated heterocycles. The summed E-state index contributed by atoms with van der Waals surface area (Å²) in [5.41, 5.74) is 1.55. The maximum atomic E-state index is 12.4. The lowest BCUT2D eigenvalue weighted by atomic mass is 9.92. The first kappa shape index (κ1) is 17.3. The summed E-state index contributed by atoms with van der Waals surface area (Å²) in [6.45, 7) is 8.29. The zero-order valence-corrected chi connectivity index (χ0v) is 15.0. The van der Waals surface area contributed by atoms with Crippen molar-refractivity contribution in [3.63, 3.8) is 0 Å². The van der Waals surface area contributed by atoms with Crippen LogP contribution in [0.2, 0.25) is 0 Å². The van der Waals surface area contributed by atoms with Crippen LogP contribution in [0.25, 0.3) is 0 Å². The molecule has 0 spiro atoms. The lowest BCUT2D eigenvalue weighted by molar-refractivity contribution is 0.0782. The Balaban J connectivity index is 1.51. The second-order valence-corrected chi connectivity index (χ2v) is 7.47. The van der Waals surface area contributed by atoms with E-state index in [0.717, 1.165) is 18.7 Å². The molecule has 132 valence electrons. The summed E-state index contributed by atoms with van der Waals surface area (Å²) in [6.07, 6.45) is 4.21. The van der Waals surface area contributed by atoms with E-state index in [0.29, 0.717) is 30.5 Å². The monoisotopic (exact) mass is 340 g/mol. The number of pyridine rings is 1. The fourth-order valence-corrected chi connectivity index (χ4v) is 2.83. The van der Waals surface area contributed by atoms with E-state index >= 15 is 0 Å². The highest BCUT2D eigenvalue weighted by Crippen LogP contribution is 2.22. The summed E-state index contributed by atoms with van der Waals surface area (Å²) >= 11 is 0. The minimum atomic E-state index is -0.0237. The Bertz CT molecular complexity index is 710. The molecular formula is C19H24N4O2. The van der Waals surface area contributed by atoms with Gasteiger partial charge in [0, 0.05) is 42.9 Å². The van der Waals surface area contributed by atoms with Gasteiger partial charge in [-0.2, -0.15) is 5.10 Å². The van der Waals surface area contributed by atoms with Gasteiger partial charge in [0.05, 0.1) is 17.9 Å². The molecule has 0 bridgehead atoms. The topological polar surface area (TPSA) is 68.2 Å². The van der Waals surface area contributed by atoms with Crippen LogP contribution in [-0.2, 0) is 5.41 Å². The van der Waals surface area contributed by atoms with E-state index in [9.17, 15) is 4.79 Å². The Morgan fingerprint density at radius 1 is 1.28 bits per heavy atom. The maximum absolute atomic E-state index is 12.4. The van der Waals surface area contributed by atoms with Crippen molar-refractivity contribution >= 4 is 5.91 Å². The number of amides is 1. The minimum absolute atomic E-state index is 0.0237. The molecule has 0 aliphatic carbocycles. The van der Waals surface area contributed by atoms with Crippen molar-refractivity contribution in [3.8, 4) is 5.88 Å². The number of hydrogen-bond donors (Lipinski definition) is 0. The third kappa shape index (κ3) is 4.32. The highest BCUT2D eigenvalue weighted by atomic mass is 16.5. The zero-order chi connectivity index (χ0) is 17.9. The van der Waals surface area contributed by atoms with Gasteiger partial charge in [-0.15, -0.1) is 5.10 Å². The molecule has 2 aromatic heterocycles. The summed E-state index contributed by atoms with van der Waals surface area (Å²) in [5.74, 6) is 0.875. The van der Waals surface area contributed by atoms with Crippen molar-refractivity contribution in [1.29, 1.82) is 0 Å². The number of likely N-dealkylation sites (tertiary alicyclic amines) is 1. The van der Waals surface area contributed by atoms with Crippen LogP contribution in [-0.4, -0.2) is 45.7 Å². The first-order valence-corrected chi connectivity index (χ1v) is 8.60. The van der Waals surface area contributed by atoms with Crippen LogP contribution >= 0.6 is 0 Å². The molecule has 1 fully saturated rings. The molecule has 25 heavy (non-hydrogen) atoms. The standard InChI is InChI=1S/C19H24N4O2/c1-19(2,3)16-6-7-17(22-21-16)25-13-14-8-10-23(12-14)18(24)15-5-4-9-20-11-15/h4-7,9,11,14H,8,10,12-13H2,1-3H3. The number of hydrogen-bond acceptors (Lipinski definition) is 5. The summed E-state index contributed by atoms with van der Waals surface area (Å²) in [7, 11) is 0. The van der Waals surface area contributed by atoms with Crippen LogP contribution in [0.1, 0.15) is 43.2 Å². The van der Waals surface area contributed by atoms with Gasteiger partial charge in [0.1, 0.15) is 0 Å². The predicted molar refractivity (Wildman–Crippen MR) is 94.5 cm³/mol. The van der Waals surface area contributed by atoms with E-state index in [1.165, 1.54) is 0 Å². The van der Waals surface area contributed by atoms with Crippen LogP contribution in [0, 0.1) is 5.92 Å². The van der Waals surface area contributed by atoms with E-state index < -0.39 is 0 Å². The molecule has 0 N–H and O–H groups in total. The molecule has 0 radical (unpaired) electrons. The number of nitrogens with zero attached hydrogens (tertiary/aromatic N) is 4. The number of carbonyl (C=O) groups is 1. The summed E-state index contributed by atoms with van der Waals surface area (Å²) in [5, 5.41) is 8.38. The van der Waals surface area contributed by atoms with Crippen LogP contribution in [0.15, 0.2) is 36.7 Å². The van der Waals surface area contributed by atoms with Crippen molar-refractivity contribution in [3.05, 3.63) is 47.9 Å². The van der Waals surface area contributed by atoms with Gasteiger partial charge in [0.2, 0.25) is 5.88 Å². The fourth-order valence-electron chi connectivity index (χ4n) is 2.83. The largest absolute Gasteiger partial charge is 0.476 e. The molecule has 3 rings (SSSR count). The van der Waals surface area contributed by atoms with Gasteiger partial charge >= 0.3 is 0 Å². The highest BCUT2D eigenvalue weighted by Gasteiger charge is 2.27. The van der Waals surface area contributed by atoms with Gasteiger partial charge in [0.25, 0.3) is 5.91 Å². The molecule has 3 heterocycles. The van der Waals surface area contributed by atoms with E-state index in [1.807, 2.05) is 17.0 Å². The van der Waals surface area contributed by atoms with E-state index in [4.69, 9.17) is 4.74 Å². The summed E-state index contributed by atoms with van der Waals surface area (Å²) in [4.78, 5) is 18.3.